The van der Waals surface area contributed by atoms with Crippen LogP contribution in [-0.4, -0.2) is 44.4 Å². The summed E-state index contributed by atoms with van der Waals surface area (Å²) in [6, 6.07) is 7.38. The molecule has 1 unspecified atom stereocenters. The predicted molar refractivity (Wildman–Crippen MR) is 113 cm³/mol. The maximum atomic E-state index is 14.1. The number of halogens is 4. The second kappa shape index (κ2) is 8.66. The van der Waals surface area contributed by atoms with Gasteiger partial charge in [0.15, 0.2) is 5.82 Å². The number of hydrogen-bond acceptors (Lipinski definition) is 5. The second-order valence-electron chi connectivity index (χ2n) is 8.51. The van der Waals surface area contributed by atoms with E-state index in [9.17, 15) is 22.4 Å². The third kappa shape index (κ3) is 4.32. The lowest BCUT2D eigenvalue weighted by Gasteiger charge is -2.49. The molecule has 176 valence electrons. The molecule has 6 rings (SSSR count). The molecule has 3 atom stereocenters. The fourth-order valence-corrected chi connectivity index (χ4v) is 4.75. The minimum absolute atomic E-state index is 0.0714. The Balaban J connectivity index is 1.40. The zero-order chi connectivity index (χ0) is 23.9. The maximum Gasteiger partial charge on any atom is 0.417 e. The van der Waals surface area contributed by atoms with Crippen molar-refractivity contribution in [3.8, 4) is 17.3 Å². The van der Waals surface area contributed by atoms with Gasteiger partial charge >= 0.3 is 6.18 Å². The van der Waals surface area contributed by atoms with E-state index in [-0.39, 0.29) is 29.3 Å². The lowest BCUT2D eigenvalue weighted by Crippen LogP contribution is -2.59. The second-order valence-corrected chi connectivity index (χ2v) is 8.51. The summed E-state index contributed by atoms with van der Waals surface area (Å²) < 4.78 is 58.6. The van der Waals surface area contributed by atoms with E-state index >= 15 is 0 Å². The summed E-state index contributed by atoms with van der Waals surface area (Å²) in [6.45, 7) is 0.495. The van der Waals surface area contributed by atoms with Crippen LogP contribution in [0.3, 0.4) is 0 Å². The number of carbonyl (C=O) groups excluding carboxylic acids is 1. The highest BCUT2D eigenvalue weighted by Crippen LogP contribution is 2.39. The first-order valence-electron chi connectivity index (χ1n) is 10.9. The summed E-state index contributed by atoms with van der Waals surface area (Å²) >= 11 is 0. The van der Waals surface area contributed by atoms with Crippen molar-refractivity contribution in [3.05, 3.63) is 71.9 Å². The van der Waals surface area contributed by atoms with E-state index in [4.69, 9.17) is 4.74 Å². The van der Waals surface area contributed by atoms with Crippen LogP contribution in [0, 0.1) is 11.7 Å². The van der Waals surface area contributed by atoms with E-state index in [1.807, 2.05) is 0 Å². The number of hydrogen-bond donors (Lipinski definition) is 0. The number of amides is 1. The molecule has 3 aliphatic rings. The molecule has 2 bridgehead atoms. The van der Waals surface area contributed by atoms with Crippen LogP contribution in [0.1, 0.15) is 35.2 Å². The summed E-state index contributed by atoms with van der Waals surface area (Å²) in [5.41, 5.74) is -0.274. The number of alkyl halides is 3. The van der Waals surface area contributed by atoms with E-state index < -0.39 is 23.7 Å². The number of ether oxygens (including phenoxy) is 1. The Morgan fingerprint density at radius 3 is 2.53 bits per heavy atom. The highest BCUT2D eigenvalue weighted by molar-refractivity contribution is 6.00. The number of nitrogens with zero attached hydrogens (tertiary/aromatic N) is 4. The van der Waals surface area contributed by atoms with Gasteiger partial charge in [-0.25, -0.2) is 19.3 Å². The quantitative estimate of drug-likeness (QED) is 0.512. The molecular formula is C24H20F4N4O2. The molecule has 3 fully saturated rings. The molecule has 1 saturated carbocycles. The molecule has 1 amide bonds. The number of rotatable bonds is 4. The molecule has 6 nitrogen and oxygen atoms in total. The maximum absolute atomic E-state index is 14.1. The van der Waals surface area contributed by atoms with Crippen molar-refractivity contribution in [2.75, 3.05) is 6.54 Å². The number of fused-ring (bicyclic) bond motifs is 3. The molecule has 1 aromatic carbocycles. The van der Waals surface area contributed by atoms with Crippen molar-refractivity contribution in [1.29, 1.82) is 0 Å². The molecule has 2 saturated heterocycles. The lowest BCUT2D eigenvalue weighted by atomic mass is 9.77. The van der Waals surface area contributed by atoms with Gasteiger partial charge < -0.3 is 9.64 Å². The zero-order valence-electron chi connectivity index (χ0n) is 17.9. The standard InChI is InChI=1S/C24H20F4N4O2/c25-16-4-5-17(22-29-8-1-9-30-22)18(11-16)23(33)32-13-14-2-6-19(32)20(10-14)34-21-7-3-15(12-31-21)24(26,27)28/h1,3-5,7-9,11-12,14,19-20H,2,6,10,13H2/t14?,19-,20+/m0/s1. The smallest absolute Gasteiger partial charge is 0.417 e. The van der Waals surface area contributed by atoms with Gasteiger partial charge in [-0.3, -0.25) is 4.79 Å². The van der Waals surface area contributed by atoms with Crippen LogP contribution in [0.4, 0.5) is 17.6 Å². The van der Waals surface area contributed by atoms with Crippen LogP contribution in [0.25, 0.3) is 11.4 Å². The molecule has 34 heavy (non-hydrogen) atoms. The first kappa shape index (κ1) is 22.2. The largest absolute Gasteiger partial charge is 0.472 e. The monoisotopic (exact) mass is 472 g/mol. The fraction of sp³-hybridized carbons (Fsp3) is 0.333. The van der Waals surface area contributed by atoms with Crippen LogP contribution in [0.2, 0.25) is 0 Å². The minimum atomic E-state index is -4.48. The van der Waals surface area contributed by atoms with Crippen molar-refractivity contribution < 1.29 is 27.1 Å². The minimum Gasteiger partial charge on any atom is -0.472 e. The molecule has 0 N–H and O–H groups in total. The molecular weight excluding hydrogens is 452 g/mol. The van der Waals surface area contributed by atoms with Gasteiger partial charge in [0.2, 0.25) is 5.88 Å². The Kier molecular flexibility index (Phi) is 5.66. The van der Waals surface area contributed by atoms with Crippen molar-refractivity contribution in [3.63, 3.8) is 0 Å². The Bertz CT molecular complexity index is 1190. The average molecular weight is 472 g/mol. The van der Waals surface area contributed by atoms with Gasteiger partial charge in [-0.05, 0) is 55.5 Å². The molecule has 10 heteroatoms. The van der Waals surface area contributed by atoms with E-state index in [1.165, 1.54) is 24.3 Å². The Labute approximate surface area is 192 Å². The van der Waals surface area contributed by atoms with Gasteiger partial charge in [0.1, 0.15) is 11.9 Å². The highest BCUT2D eigenvalue weighted by Gasteiger charge is 2.45. The summed E-state index contributed by atoms with van der Waals surface area (Å²) in [5, 5.41) is 0. The number of carbonyl (C=O) groups is 1. The van der Waals surface area contributed by atoms with E-state index in [2.05, 4.69) is 15.0 Å². The number of benzene rings is 1. The average Bonchev–Trinajstić information content (AvgIpc) is 2.84. The van der Waals surface area contributed by atoms with Gasteiger partial charge in [-0.1, -0.05) is 0 Å². The van der Waals surface area contributed by atoms with Gasteiger partial charge in [0, 0.05) is 36.8 Å². The summed E-state index contributed by atoms with van der Waals surface area (Å²) in [7, 11) is 0. The van der Waals surface area contributed by atoms with Crippen molar-refractivity contribution in [2.24, 2.45) is 5.92 Å². The first-order chi connectivity index (χ1) is 16.3. The first-order valence-corrected chi connectivity index (χ1v) is 10.9. The molecule has 4 heterocycles. The SMILES string of the molecule is O=C(c1cc(F)ccc1-c1ncccn1)N1CC2CC[C@H]1[C@H](Oc1ccc(C(F)(F)F)cn1)C2. The molecule has 2 aromatic heterocycles. The van der Waals surface area contributed by atoms with Gasteiger partial charge in [0.05, 0.1) is 17.2 Å². The zero-order valence-corrected chi connectivity index (χ0v) is 17.9. The number of pyridine rings is 1. The Morgan fingerprint density at radius 1 is 1.06 bits per heavy atom. The Morgan fingerprint density at radius 2 is 1.85 bits per heavy atom. The van der Waals surface area contributed by atoms with Crippen LogP contribution >= 0.6 is 0 Å². The van der Waals surface area contributed by atoms with E-state index in [0.717, 1.165) is 18.7 Å². The Hall–Kier alpha value is -3.56. The van der Waals surface area contributed by atoms with Crippen LogP contribution < -0.4 is 4.74 Å². The third-order valence-corrected chi connectivity index (χ3v) is 6.34. The highest BCUT2D eigenvalue weighted by atomic mass is 19.4. The lowest BCUT2D eigenvalue weighted by molar-refractivity contribution is -0.137. The van der Waals surface area contributed by atoms with Gasteiger partial charge in [-0.15, -0.1) is 0 Å². The van der Waals surface area contributed by atoms with Gasteiger partial charge in [0.25, 0.3) is 5.91 Å². The fourth-order valence-electron chi connectivity index (χ4n) is 4.75. The number of piperidine rings is 2. The van der Waals surface area contributed by atoms with Gasteiger partial charge in [-0.2, -0.15) is 13.2 Å². The van der Waals surface area contributed by atoms with Crippen molar-refractivity contribution in [2.45, 2.75) is 37.6 Å². The molecule has 0 spiro atoms. The predicted octanol–water partition coefficient (Wildman–Crippen LogP) is 4.77. The summed E-state index contributed by atoms with van der Waals surface area (Å²) in [6.07, 6.45) is 1.16. The molecule has 1 aliphatic carbocycles. The van der Waals surface area contributed by atoms with Crippen LogP contribution in [0.5, 0.6) is 5.88 Å². The van der Waals surface area contributed by atoms with E-state index in [0.29, 0.717) is 30.8 Å². The number of aromatic nitrogens is 3. The van der Waals surface area contributed by atoms with Crippen LogP contribution in [0.15, 0.2) is 55.0 Å². The summed E-state index contributed by atoms with van der Waals surface area (Å²) in [5.74, 6) is -0.354. The molecule has 3 aromatic rings. The van der Waals surface area contributed by atoms with Crippen molar-refractivity contribution in [1.82, 2.24) is 19.9 Å². The molecule has 0 radical (unpaired) electrons. The van der Waals surface area contributed by atoms with Crippen LogP contribution in [-0.2, 0) is 6.18 Å². The van der Waals surface area contributed by atoms with E-state index in [1.54, 1.807) is 23.4 Å². The third-order valence-electron chi connectivity index (χ3n) is 6.34. The van der Waals surface area contributed by atoms with Crippen molar-refractivity contribution >= 4 is 5.91 Å². The topological polar surface area (TPSA) is 68.2 Å². The normalized spacial score (nSPS) is 22.0. The molecule has 2 aliphatic heterocycles. The summed E-state index contributed by atoms with van der Waals surface area (Å²) in [4.78, 5) is 27.5.